The molecule has 0 bridgehead atoms. The number of halogens is 2. The van der Waals surface area contributed by atoms with E-state index >= 15 is 0 Å². The van der Waals surface area contributed by atoms with E-state index in [4.69, 9.17) is 23.2 Å². The second-order valence-electron chi connectivity index (χ2n) is 7.20. The molecule has 0 spiro atoms. The summed E-state index contributed by atoms with van der Waals surface area (Å²) >= 11 is 11.9. The standard InChI is InChI=1S/C20H23Cl2N2O5P/c1-12(2)10-17(30(27,28)29)19(25)24-18(13-6-4-3-5-7-13)20(26)23-14-8-9-15(21)16(22)11-14/h3-9,11-12,17-18H,10H2,1-2H3,(H,23,26)(H,24,25)(H2,27,28,29)/t17?,18-/m0/s1. The van der Waals surface area contributed by atoms with E-state index in [1.807, 2.05) is 0 Å². The van der Waals surface area contributed by atoms with Gasteiger partial charge in [0.25, 0.3) is 5.91 Å². The molecule has 0 fully saturated rings. The molecule has 1 unspecified atom stereocenters. The summed E-state index contributed by atoms with van der Waals surface area (Å²) in [6, 6.07) is 11.7. The quantitative estimate of drug-likeness (QED) is 0.425. The number of carbonyl (C=O) groups is 2. The molecule has 2 aromatic carbocycles. The molecule has 0 radical (unpaired) electrons. The maximum Gasteiger partial charge on any atom is 0.337 e. The van der Waals surface area contributed by atoms with Crippen LogP contribution in [0.3, 0.4) is 0 Å². The fourth-order valence-corrected chi connectivity index (χ4v) is 4.19. The first-order valence-electron chi connectivity index (χ1n) is 9.15. The van der Waals surface area contributed by atoms with Crippen LogP contribution in [0.25, 0.3) is 0 Å². The predicted octanol–water partition coefficient (Wildman–Crippen LogP) is 4.38. The van der Waals surface area contributed by atoms with Gasteiger partial charge in [-0.2, -0.15) is 0 Å². The molecule has 2 atom stereocenters. The SMILES string of the molecule is CC(C)CC(C(=O)N[C@H](C(=O)Nc1ccc(Cl)c(Cl)c1)c1ccccc1)P(=O)(O)O. The van der Waals surface area contributed by atoms with Crippen molar-refractivity contribution in [3.8, 4) is 0 Å². The summed E-state index contributed by atoms with van der Waals surface area (Å²) in [5.41, 5.74) is -0.739. The number of benzene rings is 2. The minimum atomic E-state index is -4.72. The topological polar surface area (TPSA) is 116 Å². The number of rotatable bonds is 8. The summed E-state index contributed by atoms with van der Waals surface area (Å²) in [4.78, 5) is 45.0. The molecule has 10 heteroatoms. The summed E-state index contributed by atoms with van der Waals surface area (Å²) in [6.45, 7) is 3.50. The highest BCUT2D eigenvalue weighted by atomic mass is 35.5. The summed E-state index contributed by atoms with van der Waals surface area (Å²) in [6.07, 6.45) is -0.0218. The number of carbonyl (C=O) groups excluding carboxylic acids is 2. The molecule has 0 saturated heterocycles. The van der Waals surface area contributed by atoms with Gasteiger partial charge in [-0.25, -0.2) is 0 Å². The Morgan fingerprint density at radius 2 is 1.63 bits per heavy atom. The molecular formula is C20H23Cl2N2O5P. The molecule has 0 saturated carbocycles. The average molecular weight is 473 g/mol. The summed E-state index contributed by atoms with van der Waals surface area (Å²) in [5, 5.41) is 5.69. The van der Waals surface area contributed by atoms with Gasteiger partial charge in [-0.1, -0.05) is 67.4 Å². The largest absolute Gasteiger partial charge is 0.340 e. The van der Waals surface area contributed by atoms with Gasteiger partial charge >= 0.3 is 7.60 Å². The zero-order chi connectivity index (χ0) is 22.5. The van der Waals surface area contributed by atoms with Crippen molar-refractivity contribution in [2.24, 2.45) is 5.92 Å². The summed E-state index contributed by atoms with van der Waals surface area (Å²) in [7, 11) is -4.72. The molecule has 0 heterocycles. The Balaban J connectivity index is 2.31. The minimum Gasteiger partial charge on any atom is -0.340 e. The zero-order valence-electron chi connectivity index (χ0n) is 16.4. The first-order valence-corrected chi connectivity index (χ1v) is 11.6. The maximum absolute atomic E-state index is 12.9. The molecule has 7 nitrogen and oxygen atoms in total. The number of anilines is 1. The number of amides is 2. The summed E-state index contributed by atoms with van der Waals surface area (Å²) < 4.78 is 11.9. The van der Waals surface area contributed by atoms with Crippen LogP contribution < -0.4 is 10.6 Å². The second-order valence-corrected chi connectivity index (χ2v) is 9.82. The van der Waals surface area contributed by atoms with Crippen LogP contribution in [0.15, 0.2) is 48.5 Å². The van der Waals surface area contributed by atoms with Gasteiger partial charge < -0.3 is 20.4 Å². The highest BCUT2D eigenvalue weighted by molar-refractivity contribution is 7.53. The van der Waals surface area contributed by atoms with E-state index in [0.717, 1.165) is 0 Å². The van der Waals surface area contributed by atoms with Gasteiger partial charge in [0, 0.05) is 5.69 Å². The van der Waals surface area contributed by atoms with Crippen molar-refractivity contribution in [2.45, 2.75) is 32.0 Å². The third-order valence-corrected chi connectivity index (χ3v) is 6.27. The van der Waals surface area contributed by atoms with Crippen LogP contribution in [0.5, 0.6) is 0 Å². The van der Waals surface area contributed by atoms with Crippen molar-refractivity contribution < 1.29 is 23.9 Å². The third kappa shape index (κ3) is 6.83. The lowest BCUT2D eigenvalue weighted by molar-refractivity contribution is -0.126. The third-order valence-electron chi connectivity index (χ3n) is 4.27. The highest BCUT2D eigenvalue weighted by Crippen LogP contribution is 2.44. The molecule has 0 aliphatic carbocycles. The van der Waals surface area contributed by atoms with E-state index in [9.17, 15) is 23.9 Å². The molecule has 30 heavy (non-hydrogen) atoms. The van der Waals surface area contributed by atoms with Crippen molar-refractivity contribution in [1.29, 1.82) is 0 Å². The first-order chi connectivity index (χ1) is 14.0. The fourth-order valence-electron chi connectivity index (χ4n) is 2.82. The van der Waals surface area contributed by atoms with E-state index in [0.29, 0.717) is 16.3 Å². The van der Waals surface area contributed by atoms with Gasteiger partial charge in [0.1, 0.15) is 11.7 Å². The van der Waals surface area contributed by atoms with Crippen LogP contribution in [-0.4, -0.2) is 27.3 Å². The van der Waals surface area contributed by atoms with Crippen LogP contribution in [0.4, 0.5) is 5.69 Å². The fraction of sp³-hybridized carbons (Fsp3) is 0.300. The van der Waals surface area contributed by atoms with Crippen molar-refractivity contribution in [2.75, 3.05) is 5.32 Å². The van der Waals surface area contributed by atoms with Crippen LogP contribution in [0.2, 0.25) is 10.0 Å². The lowest BCUT2D eigenvalue weighted by atomic mass is 10.0. The molecule has 0 aromatic heterocycles. The Kier molecular flexibility index (Phi) is 8.47. The molecule has 2 amide bonds. The van der Waals surface area contributed by atoms with Gasteiger partial charge in [0.2, 0.25) is 5.91 Å². The lowest BCUT2D eigenvalue weighted by Gasteiger charge is -2.24. The van der Waals surface area contributed by atoms with E-state index in [1.54, 1.807) is 50.2 Å². The molecule has 0 aliphatic heterocycles. The van der Waals surface area contributed by atoms with Crippen molar-refractivity contribution >= 4 is 48.3 Å². The van der Waals surface area contributed by atoms with Gasteiger partial charge in [-0.15, -0.1) is 0 Å². The molecular weight excluding hydrogens is 450 g/mol. The predicted molar refractivity (Wildman–Crippen MR) is 118 cm³/mol. The van der Waals surface area contributed by atoms with E-state index in [1.165, 1.54) is 12.1 Å². The summed E-state index contributed by atoms with van der Waals surface area (Å²) in [5.74, 6) is -1.62. The van der Waals surface area contributed by atoms with Gasteiger partial charge in [-0.05, 0) is 36.1 Å². The monoisotopic (exact) mass is 472 g/mol. The van der Waals surface area contributed by atoms with Gasteiger partial charge in [-0.3, -0.25) is 14.2 Å². The molecule has 4 N–H and O–H groups in total. The smallest absolute Gasteiger partial charge is 0.337 e. The van der Waals surface area contributed by atoms with Crippen LogP contribution >= 0.6 is 30.8 Å². The Hall–Kier alpha value is -1.89. The van der Waals surface area contributed by atoms with E-state index in [2.05, 4.69) is 10.6 Å². The average Bonchev–Trinajstić information content (AvgIpc) is 2.66. The number of hydrogen-bond acceptors (Lipinski definition) is 3. The Labute approximate surface area is 184 Å². The zero-order valence-corrected chi connectivity index (χ0v) is 18.8. The number of hydrogen-bond donors (Lipinski definition) is 4. The van der Waals surface area contributed by atoms with Crippen LogP contribution in [0.1, 0.15) is 31.9 Å². The van der Waals surface area contributed by atoms with Gasteiger partial charge in [0.15, 0.2) is 0 Å². The molecule has 2 aromatic rings. The molecule has 162 valence electrons. The highest BCUT2D eigenvalue weighted by Gasteiger charge is 2.38. The van der Waals surface area contributed by atoms with E-state index in [-0.39, 0.29) is 17.4 Å². The van der Waals surface area contributed by atoms with Crippen molar-refractivity contribution in [1.82, 2.24) is 5.32 Å². The number of nitrogens with one attached hydrogen (secondary N) is 2. The first kappa shape index (κ1) is 24.4. The van der Waals surface area contributed by atoms with Crippen molar-refractivity contribution in [3.63, 3.8) is 0 Å². The Morgan fingerprint density at radius 1 is 1.00 bits per heavy atom. The van der Waals surface area contributed by atoms with Crippen LogP contribution in [-0.2, 0) is 14.2 Å². The molecule has 2 rings (SSSR count). The normalized spacial score (nSPS) is 13.6. The lowest BCUT2D eigenvalue weighted by Crippen LogP contribution is -2.42. The van der Waals surface area contributed by atoms with E-state index < -0.39 is 31.1 Å². The minimum absolute atomic E-state index is 0.0218. The molecule has 0 aliphatic rings. The van der Waals surface area contributed by atoms with Crippen molar-refractivity contribution in [3.05, 3.63) is 64.1 Å². The van der Waals surface area contributed by atoms with Gasteiger partial charge in [0.05, 0.1) is 10.0 Å². The Bertz CT molecular complexity index is 949. The second kappa shape index (κ2) is 10.4. The maximum atomic E-state index is 12.9. The Morgan fingerprint density at radius 3 is 2.17 bits per heavy atom. The van der Waals surface area contributed by atoms with Crippen LogP contribution in [0, 0.1) is 5.92 Å².